The fourth-order valence-corrected chi connectivity index (χ4v) is 2.01. The lowest BCUT2D eigenvalue weighted by Crippen LogP contribution is -2.30. The summed E-state index contributed by atoms with van der Waals surface area (Å²) in [5.74, 6) is 0.0577. The monoisotopic (exact) mass is 294 g/mol. The Labute approximate surface area is 124 Å². The highest BCUT2D eigenvalue weighted by Gasteiger charge is 2.21. The third-order valence-electron chi connectivity index (χ3n) is 3.66. The standard InChI is InChI=1S/C16H23FN2O2/c1-2-13(18)7-12-5-6-15(14(17)8-12)21-10-16(20)19-9-11-3-4-11/h5-6,8,11,13H,2-4,7,9-10,18H2,1H3,(H,19,20). The fraction of sp³-hybridized carbons (Fsp3) is 0.562. The van der Waals surface area contributed by atoms with Gasteiger partial charge >= 0.3 is 0 Å². The molecular weight excluding hydrogens is 271 g/mol. The molecule has 1 atom stereocenters. The number of hydrogen-bond donors (Lipinski definition) is 2. The average Bonchev–Trinajstić information content (AvgIpc) is 3.28. The first-order valence-electron chi connectivity index (χ1n) is 7.52. The molecule has 0 saturated heterocycles. The number of rotatable bonds is 8. The molecule has 5 heteroatoms. The van der Waals surface area contributed by atoms with Crippen LogP contribution in [0.3, 0.4) is 0 Å². The summed E-state index contributed by atoms with van der Waals surface area (Å²) in [4.78, 5) is 11.5. The first-order valence-corrected chi connectivity index (χ1v) is 7.52. The molecule has 4 nitrogen and oxygen atoms in total. The van der Waals surface area contributed by atoms with Crippen LogP contribution in [0.1, 0.15) is 31.7 Å². The molecule has 1 aromatic rings. The van der Waals surface area contributed by atoms with Crippen molar-refractivity contribution in [2.24, 2.45) is 11.7 Å². The van der Waals surface area contributed by atoms with Crippen molar-refractivity contribution in [2.45, 2.75) is 38.6 Å². The van der Waals surface area contributed by atoms with Gasteiger partial charge in [0, 0.05) is 12.6 Å². The average molecular weight is 294 g/mol. The van der Waals surface area contributed by atoms with Gasteiger partial charge in [-0.2, -0.15) is 0 Å². The van der Waals surface area contributed by atoms with Crippen LogP contribution in [0.15, 0.2) is 18.2 Å². The number of nitrogens with one attached hydrogen (secondary N) is 1. The predicted molar refractivity (Wildman–Crippen MR) is 79.6 cm³/mol. The number of hydrogen-bond acceptors (Lipinski definition) is 3. The molecule has 116 valence electrons. The molecule has 1 fully saturated rings. The van der Waals surface area contributed by atoms with Gasteiger partial charge in [-0.1, -0.05) is 13.0 Å². The van der Waals surface area contributed by atoms with Gasteiger partial charge in [-0.3, -0.25) is 4.79 Å². The second kappa shape index (κ2) is 7.41. The SMILES string of the molecule is CCC(N)Cc1ccc(OCC(=O)NCC2CC2)c(F)c1. The second-order valence-corrected chi connectivity index (χ2v) is 5.67. The van der Waals surface area contributed by atoms with Gasteiger partial charge in [0.2, 0.25) is 0 Å². The van der Waals surface area contributed by atoms with Crippen LogP contribution in [0.4, 0.5) is 4.39 Å². The molecule has 21 heavy (non-hydrogen) atoms. The van der Waals surface area contributed by atoms with Gasteiger partial charge in [0.05, 0.1) is 0 Å². The summed E-state index contributed by atoms with van der Waals surface area (Å²) in [6, 6.07) is 4.80. The smallest absolute Gasteiger partial charge is 0.257 e. The van der Waals surface area contributed by atoms with E-state index in [0.29, 0.717) is 18.9 Å². The van der Waals surface area contributed by atoms with Gasteiger partial charge in [0.15, 0.2) is 18.2 Å². The summed E-state index contributed by atoms with van der Waals surface area (Å²) >= 11 is 0. The highest BCUT2D eigenvalue weighted by Crippen LogP contribution is 2.27. The molecule has 1 saturated carbocycles. The second-order valence-electron chi connectivity index (χ2n) is 5.67. The molecule has 0 radical (unpaired) electrons. The number of benzene rings is 1. The lowest BCUT2D eigenvalue weighted by Gasteiger charge is -2.11. The fourth-order valence-electron chi connectivity index (χ4n) is 2.01. The predicted octanol–water partition coefficient (Wildman–Crippen LogP) is 2.01. The van der Waals surface area contributed by atoms with Crippen LogP contribution in [0, 0.1) is 11.7 Å². The molecule has 1 aliphatic carbocycles. The van der Waals surface area contributed by atoms with Crippen molar-refractivity contribution in [3.8, 4) is 5.75 Å². The van der Waals surface area contributed by atoms with E-state index in [2.05, 4.69) is 5.32 Å². The molecule has 3 N–H and O–H groups in total. The Morgan fingerprint density at radius 1 is 1.52 bits per heavy atom. The van der Waals surface area contributed by atoms with Crippen molar-refractivity contribution in [3.05, 3.63) is 29.6 Å². The van der Waals surface area contributed by atoms with Gasteiger partial charge < -0.3 is 15.8 Å². The summed E-state index contributed by atoms with van der Waals surface area (Å²) in [6.45, 7) is 2.54. The van der Waals surface area contributed by atoms with Gasteiger partial charge in [-0.05, 0) is 49.3 Å². The summed E-state index contributed by atoms with van der Waals surface area (Å²) < 4.78 is 19.1. The molecule has 2 rings (SSSR count). The van der Waals surface area contributed by atoms with E-state index >= 15 is 0 Å². The minimum Gasteiger partial charge on any atom is -0.481 e. The minimum atomic E-state index is -0.453. The number of halogens is 1. The van der Waals surface area contributed by atoms with Crippen molar-refractivity contribution in [1.82, 2.24) is 5.32 Å². The van der Waals surface area contributed by atoms with Crippen LogP contribution in [0.25, 0.3) is 0 Å². The number of ether oxygens (including phenoxy) is 1. The molecule has 0 bridgehead atoms. The number of nitrogens with two attached hydrogens (primary N) is 1. The molecule has 1 unspecified atom stereocenters. The van der Waals surface area contributed by atoms with Crippen LogP contribution in [-0.4, -0.2) is 25.1 Å². The molecule has 1 aromatic carbocycles. The van der Waals surface area contributed by atoms with Crippen LogP contribution in [0.2, 0.25) is 0 Å². The van der Waals surface area contributed by atoms with E-state index in [4.69, 9.17) is 10.5 Å². The summed E-state index contributed by atoms with van der Waals surface area (Å²) in [5, 5.41) is 2.78. The van der Waals surface area contributed by atoms with E-state index < -0.39 is 5.82 Å². The van der Waals surface area contributed by atoms with Crippen LogP contribution in [-0.2, 0) is 11.2 Å². The van der Waals surface area contributed by atoms with E-state index in [1.165, 1.54) is 18.9 Å². The van der Waals surface area contributed by atoms with Crippen LogP contribution >= 0.6 is 0 Å². The Kier molecular flexibility index (Phi) is 5.56. The number of amides is 1. The van der Waals surface area contributed by atoms with E-state index in [1.807, 2.05) is 6.92 Å². The van der Waals surface area contributed by atoms with Crippen molar-refractivity contribution < 1.29 is 13.9 Å². The topological polar surface area (TPSA) is 64.3 Å². The number of carbonyl (C=O) groups is 1. The van der Waals surface area contributed by atoms with Gasteiger partial charge in [-0.15, -0.1) is 0 Å². The Morgan fingerprint density at radius 2 is 2.29 bits per heavy atom. The molecule has 1 aliphatic rings. The summed E-state index contributed by atoms with van der Waals surface area (Å²) in [5.41, 5.74) is 6.69. The quantitative estimate of drug-likeness (QED) is 0.771. The molecular formula is C16H23FN2O2. The van der Waals surface area contributed by atoms with E-state index in [0.717, 1.165) is 12.0 Å². The molecule has 0 spiro atoms. The third kappa shape index (κ3) is 5.34. The number of carbonyl (C=O) groups excluding carboxylic acids is 1. The van der Waals surface area contributed by atoms with Crippen molar-refractivity contribution in [2.75, 3.05) is 13.2 Å². The van der Waals surface area contributed by atoms with Crippen molar-refractivity contribution in [1.29, 1.82) is 0 Å². The zero-order valence-corrected chi connectivity index (χ0v) is 12.4. The van der Waals surface area contributed by atoms with E-state index in [9.17, 15) is 9.18 Å². The zero-order chi connectivity index (χ0) is 15.2. The largest absolute Gasteiger partial charge is 0.481 e. The highest BCUT2D eigenvalue weighted by molar-refractivity contribution is 5.77. The Balaban J connectivity index is 1.80. The normalized spacial score (nSPS) is 15.6. The first-order chi connectivity index (χ1) is 10.1. The molecule has 0 aliphatic heterocycles. The Morgan fingerprint density at radius 3 is 2.90 bits per heavy atom. The summed E-state index contributed by atoms with van der Waals surface area (Å²) in [7, 11) is 0. The molecule has 0 heterocycles. The third-order valence-corrected chi connectivity index (χ3v) is 3.66. The highest BCUT2D eigenvalue weighted by atomic mass is 19.1. The summed E-state index contributed by atoms with van der Waals surface area (Å²) in [6.07, 6.45) is 3.84. The van der Waals surface area contributed by atoms with Crippen molar-refractivity contribution in [3.63, 3.8) is 0 Å². The van der Waals surface area contributed by atoms with Gasteiger partial charge in [0.1, 0.15) is 0 Å². The minimum absolute atomic E-state index is 0.0318. The maximum absolute atomic E-state index is 13.9. The van der Waals surface area contributed by atoms with Crippen LogP contribution < -0.4 is 15.8 Å². The molecule has 1 amide bonds. The van der Waals surface area contributed by atoms with E-state index in [-0.39, 0.29) is 24.3 Å². The molecule has 0 aromatic heterocycles. The lowest BCUT2D eigenvalue weighted by molar-refractivity contribution is -0.123. The zero-order valence-electron chi connectivity index (χ0n) is 12.4. The first kappa shape index (κ1) is 15.8. The van der Waals surface area contributed by atoms with Gasteiger partial charge in [-0.25, -0.2) is 4.39 Å². The van der Waals surface area contributed by atoms with Gasteiger partial charge in [0.25, 0.3) is 5.91 Å². The maximum Gasteiger partial charge on any atom is 0.257 e. The maximum atomic E-state index is 13.9. The van der Waals surface area contributed by atoms with Crippen LogP contribution in [0.5, 0.6) is 5.75 Å². The van der Waals surface area contributed by atoms with Crippen molar-refractivity contribution >= 4 is 5.91 Å². The Hall–Kier alpha value is -1.62. The lowest BCUT2D eigenvalue weighted by atomic mass is 10.0. The Bertz CT molecular complexity index is 489. The van der Waals surface area contributed by atoms with E-state index in [1.54, 1.807) is 12.1 Å².